The van der Waals surface area contributed by atoms with E-state index < -0.39 is 6.10 Å². The second kappa shape index (κ2) is 6.92. The van der Waals surface area contributed by atoms with Gasteiger partial charge in [0.1, 0.15) is 0 Å². The van der Waals surface area contributed by atoms with E-state index in [2.05, 4.69) is 10.2 Å². The molecule has 2 rings (SSSR count). The monoisotopic (exact) mass is 280 g/mol. The summed E-state index contributed by atoms with van der Waals surface area (Å²) >= 11 is 0. The molecule has 0 saturated carbocycles. The second-order valence-corrected chi connectivity index (χ2v) is 5.48. The van der Waals surface area contributed by atoms with Crippen molar-refractivity contribution in [1.29, 1.82) is 0 Å². The zero-order chi connectivity index (χ0) is 14.5. The van der Waals surface area contributed by atoms with Crippen LogP contribution in [0.5, 0.6) is 11.5 Å². The third-order valence-corrected chi connectivity index (χ3v) is 3.91. The van der Waals surface area contributed by atoms with E-state index in [1.807, 2.05) is 6.92 Å². The van der Waals surface area contributed by atoms with Crippen molar-refractivity contribution in [3.05, 3.63) is 23.8 Å². The predicted molar refractivity (Wildman–Crippen MR) is 77.9 cm³/mol. The number of rotatable bonds is 6. The fourth-order valence-electron chi connectivity index (χ4n) is 2.58. The van der Waals surface area contributed by atoms with Crippen LogP contribution in [0, 0.1) is 0 Å². The first-order valence-corrected chi connectivity index (χ1v) is 7.23. The summed E-state index contributed by atoms with van der Waals surface area (Å²) in [6.45, 7) is 6.09. The van der Waals surface area contributed by atoms with Crippen molar-refractivity contribution in [2.45, 2.75) is 31.9 Å². The molecule has 0 aliphatic carbocycles. The Hall–Kier alpha value is -1.30. The lowest BCUT2D eigenvalue weighted by molar-refractivity contribution is 0.134. The van der Waals surface area contributed by atoms with Crippen LogP contribution in [0.4, 0.5) is 0 Å². The van der Waals surface area contributed by atoms with Gasteiger partial charge in [-0.3, -0.25) is 0 Å². The Morgan fingerprint density at radius 3 is 2.55 bits per heavy atom. The number of hydrogen-bond donors (Lipinski definition) is 4. The molecule has 0 radical (unpaired) electrons. The molecule has 1 aromatic rings. The van der Waals surface area contributed by atoms with E-state index in [9.17, 15) is 15.3 Å². The van der Waals surface area contributed by atoms with Gasteiger partial charge in [0.05, 0.1) is 6.10 Å². The summed E-state index contributed by atoms with van der Waals surface area (Å²) in [5.41, 5.74) is 0.599. The first-order chi connectivity index (χ1) is 9.58. The molecule has 4 N–H and O–H groups in total. The van der Waals surface area contributed by atoms with Crippen LogP contribution in [0.15, 0.2) is 18.2 Å². The fourth-order valence-corrected chi connectivity index (χ4v) is 2.58. The van der Waals surface area contributed by atoms with Gasteiger partial charge in [0.15, 0.2) is 11.5 Å². The lowest BCUT2D eigenvalue weighted by atomic mass is 10.0. The van der Waals surface area contributed by atoms with Gasteiger partial charge < -0.3 is 25.5 Å². The van der Waals surface area contributed by atoms with Crippen molar-refractivity contribution < 1.29 is 15.3 Å². The van der Waals surface area contributed by atoms with Gasteiger partial charge in [-0.1, -0.05) is 6.07 Å². The predicted octanol–water partition coefficient (Wildman–Crippen LogP) is 1.21. The molecule has 1 aromatic carbocycles. The smallest absolute Gasteiger partial charge is 0.157 e. The minimum Gasteiger partial charge on any atom is -0.504 e. The van der Waals surface area contributed by atoms with Crippen LogP contribution in [-0.4, -0.2) is 52.4 Å². The van der Waals surface area contributed by atoms with Gasteiger partial charge >= 0.3 is 0 Å². The van der Waals surface area contributed by atoms with Crippen molar-refractivity contribution >= 4 is 0 Å². The number of likely N-dealkylation sites (tertiary alicyclic amines) is 1. The molecule has 0 spiro atoms. The molecule has 1 heterocycles. The van der Waals surface area contributed by atoms with Gasteiger partial charge in [0.2, 0.25) is 0 Å². The molecule has 1 fully saturated rings. The number of aliphatic hydroxyl groups excluding tert-OH is 1. The summed E-state index contributed by atoms with van der Waals surface area (Å²) in [4.78, 5) is 2.42. The minimum absolute atomic E-state index is 0.110. The topological polar surface area (TPSA) is 76.0 Å². The lowest BCUT2D eigenvalue weighted by Gasteiger charge is -2.22. The number of aromatic hydroxyl groups is 2. The Balaban J connectivity index is 1.81. The van der Waals surface area contributed by atoms with Crippen molar-refractivity contribution in [2.75, 3.05) is 26.2 Å². The highest BCUT2D eigenvalue weighted by molar-refractivity contribution is 5.41. The highest BCUT2D eigenvalue weighted by Crippen LogP contribution is 2.28. The maximum Gasteiger partial charge on any atom is 0.157 e. The van der Waals surface area contributed by atoms with Gasteiger partial charge in [-0.25, -0.2) is 0 Å². The van der Waals surface area contributed by atoms with Crippen molar-refractivity contribution in [3.63, 3.8) is 0 Å². The molecular weight excluding hydrogens is 256 g/mol. The highest BCUT2D eigenvalue weighted by atomic mass is 16.3. The molecule has 5 heteroatoms. The number of aliphatic hydroxyl groups is 1. The van der Waals surface area contributed by atoms with Gasteiger partial charge in [-0.15, -0.1) is 0 Å². The van der Waals surface area contributed by atoms with Crippen molar-refractivity contribution in [1.82, 2.24) is 10.2 Å². The summed E-state index contributed by atoms with van der Waals surface area (Å²) < 4.78 is 0. The summed E-state index contributed by atoms with van der Waals surface area (Å²) in [5, 5.41) is 32.3. The van der Waals surface area contributed by atoms with Crippen LogP contribution in [0.2, 0.25) is 0 Å². The van der Waals surface area contributed by atoms with E-state index in [0.717, 1.165) is 13.1 Å². The Morgan fingerprint density at radius 2 is 1.90 bits per heavy atom. The first kappa shape index (κ1) is 15.1. The van der Waals surface area contributed by atoms with E-state index in [4.69, 9.17) is 0 Å². The zero-order valence-corrected chi connectivity index (χ0v) is 11.9. The van der Waals surface area contributed by atoms with E-state index >= 15 is 0 Å². The van der Waals surface area contributed by atoms with E-state index in [1.54, 1.807) is 6.07 Å². The third-order valence-electron chi connectivity index (χ3n) is 3.91. The quantitative estimate of drug-likeness (QED) is 0.589. The maximum atomic E-state index is 10.2. The number of nitrogens with zero attached hydrogens (tertiary/aromatic N) is 1. The average Bonchev–Trinajstić information content (AvgIpc) is 2.94. The van der Waals surface area contributed by atoms with Crippen LogP contribution in [0.1, 0.15) is 31.4 Å². The Bertz CT molecular complexity index is 433. The molecule has 1 aliphatic heterocycles. The zero-order valence-electron chi connectivity index (χ0n) is 11.9. The summed E-state index contributed by atoms with van der Waals surface area (Å²) in [6, 6.07) is 4.31. The molecule has 112 valence electrons. The standard InChI is InChI=1S/C15H24N2O3/c1-11(16-6-9-17-7-2-3-8-17)15(20)12-4-5-13(18)14(19)10-12/h4-5,10-11,15-16,18-20H,2-3,6-9H2,1H3. The van der Waals surface area contributed by atoms with Crippen molar-refractivity contribution in [2.24, 2.45) is 0 Å². The van der Waals surface area contributed by atoms with Crippen molar-refractivity contribution in [3.8, 4) is 11.5 Å². The number of phenolic OH excluding ortho intramolecular Hbond substituents is 2. The third kappa shape index (κ3) is 3.85. The largest absolute Gasteiger partial charge is 0.504 e. The summed E-state index contributed by atoms with van der Waals surface area (Å²) in [7, 11) is 0. The molecule has 2 atom stereocenters. The number of benzene rings is 1. The number of phenols is 2. The van der Waals surface area contributed by atoms with E-state index in [-0.39, 0.29) is 17.5 Å². The van der Waals surface area contributed by atoms with Crippen LogP contribution in [0.25, 0.3) is 0 Å². The summed E-state index contributed by atoms with van der Waals surface area (Å²) in [6.07, 6.45) is 1.86. The van der Waals surface area contributed by atoms with Gasteiger partial charge in [0.25, 0.3) is 0 Å². The van der Waals surface area contributed by atoms with Crippen LogP contribution in [0.3, 0.4) is 0 Å². The van der Waals surface area contributed by atoms with Crippen LogP contribution >= 0.6 is 0 Å². The fraction of sp³-hybridized carbons (Fsp3) is 0.600. The highest BCUT2D eigenvalue weighted by Gasteiger charge is 2.18. The molecule has 1 aliphatic rings. The van der Waals surface area contributed by atoms with Gasteiger partial charge in [0, 0.05) is 19.1 Å². The molecule has 1 saturated heterocycles. The minimum atomic E-state index is -0.708. The van der Waals surface area contributed by atoms with Crippen LogP contribution in [-0.2, 0) is 0 Å². The molecule has 2 unspecified atom stereocenters. The molecular formula is C15H24N2O3. The Labute approximate surface area is 119 Å². The normalized spacial score (nSPS) is 19.1. The lowest BCUT2D eigenvalue weighted by Crippen LogP contribution is -2.37. The number of nitrogens with one attached hydrogen (secondary N) is 1. The second-order valence-electron chi connectivity index (χ2n) is 5.48. The molecule has 0 aromatic heterocycles. The SMILES string of the molecule is CC(NCCN1CCCC1)C(O)c1ccc(O)c(O)c1. The molecule has 0 bridgehead atoms. The summed E-state index contributed by atoms with van der Waals surface area (Å²) in [5.74, 6) is -0.374. The average molecular weight is 280 g/mol. The van der Waals surface area contributed by atoms with Crippen LogP contribution < -0.4 is 5.32 Å². The Kier molecular flexibility index (Phi) is 5.23. The molecule has 0 amide bonds. The molecule has 5 nitrogen and oxygen atoms in total. The number of hydrogen-bond acceptors (Lipinski definition) is 5. The van der Waals surface area contributed by atoms with E-state index in [1.165, 1.54) is 38.1 Å². The van der Waals surface area contributed by atoms with Gasteiger partial charge in [-0.05, 0) is 50.6 Å². The molecule has 20 heavy (non-hydrogen) atoms. The van der Waals surface area contributed by atoms with E-state index in [0.29, 0.717) is 5.56 Å². The Morgan fingerprint density at radius 1 is 1.20 bits per heavy atom. The first-order valence-electron chi connectivity index (χ1n) is 7.23. The maximum absolute atomic E-state index is 10.2. The van der Waals surface area contributed by atoms with Gasteiger partial charge in [-0.2, -0.15) is 0 Å².